The minimum Gasteiger partial charge on any atom is -0.303 e. The Bertz CT molecular complexity index is 138. The Balaban J connectivity index is 1.91. The first-order valence-electron chi connectivity index (χ1n) is 5.58. The van der Waals surface area contributed by atoms with E-state index in [1.54, 1.807) is 0 Å². The standard InChI is InChI=1S/C11H21N/c1-12-9-5-4-8-11(12)10-6-2-3-7-10/h10-11H,2-9H2,1H3. The number of piperidine rings is 1. The summed E-state index contributed by atoms with van der Waals surface area (Å²) in [5.74, 6) is 1.05. The third-order valence-electron chi connectivity index (χ3n) is 3.77. The van der Waals surface area contributed by atoms with Crippen molar-refractivity contribution in [1.82, 2.24) is 4.90 Å². The van der Waals surface area contributed by atoms with Crippen LogP contribution in [0, 0.1) is 5.92 Å². The second-order valence-corrected chi connectivity index (χ2v) is 4.59. The lowest BCUT2D eigenvalue weighted by Crippen LogP contribution is -2.40. The van der Waals surface area contributed by atoms with Gasteiger partial charge in [-0.15, -0.1) is 0 Å². The first-order chi connectivity index (χ1) is 5.88. The molecule has 0 radical (unpaired) electrons. The van der Waals surface area contributed by atoms with Gasteiger partial charge in [-0.05, 0) is 45.2 Å². The van der Waals surface area contributed by atoms with Crippen molar-refractivity contribution in [2.45, 2.75) is 51.0 Å². The zero-order valence-electron chi connectivity index (χ0n) is 8.26. The van der Waals surface area contributed by atoms with Crippen molar-refractivity contribution in [1.29, 1.82) is 0 Å². The number of hydrogen-bond donors (Lipinski definition) is 0. The molecule has 1 unspecified atom stereocenters. The van der Waals surface area contributed by atoms with Crippen LogP contribution in [0.1, 0.15) is 44.9 Å². The van der Waals surface area contributed by atoms with E-state index in [9.17, 15) is 0 Å². The molecule has 0 aromatic rings. The van der Waals surface area contributed by atoms with E-state index in [4.69, 9.17) is 0 Å². The molecule has 1 aliphatic carbocycles. The molecule has 12 heavy (non-hydrogen) atoms. The number of nitrogens with zero attached hydrogens (tertiary/aromatic N) is 1. The number of rotatable bonds is 1. The highest BCUT2D eigenvalue weighted by molar-refractivity contribution is 4.83. The molecule has 2 fully saturated rings. The fraction of sp³-hybridized carbons (Fsp3) is 1.00. The van der Waals surface area contributed by atoms with Gasteiger partial charge in [0.25, 0.3) is 0 Å². The topological polar surface area (TPSA) is 3.24 Å². The van der Waals surface area contributed by atoms with Gasteiger partial charge in [-0.1, -0.05) is 19.3 Å². The molecular formula is C11H21N. The molecule has 70 valence electrons. The van der Waals surface area contributed by atoms with Gasteiger partial charge in [0.15, 0.2) is 0 Å². The Hall–Kier alpha value is -0.0400. The molecule has 1 atom stereocenters. The molecule has 1 saturated carbocycles. The highest BCUT2D eigenvalue weighted by Gasteiger charge is 2.29. The highest BCUT2D eigenvalue weighted by Crippen LogP contribution is 2.33. The van der Waals surface area contributed by atoms with E-state index >= 15 is 0 Å². The van der Waals surface area contributed by atoms with Gasteiger partial charge in [0, 0.05) is 6.04 Å². The zero-order valence-corrected chi connectivity index (χ0v) is 8.26. The molecule has 1 nitrogen and oxygen atoms in total. The lowest BCUT2D eigenvalue weighted by atomic mass is 9.90. The van der Waals surface area contributed by atoms with Crippen LogP contribution < -0.4 is 0 Å². The third-order valence-corrected chi connectivity index (χ3v) is 3.77. The lowest BCUT2D eigenvalue weighted by Gasteiger charge is -2.36. The van der Waals surface area contributed by atoms with E-state index in [1.807, 2.05) is 0 Å². The average Bonchev–Trinajstić information content (AvgIpc) is 2.57. The van der Waals surface area contributed by atoms with Crippen LogP contribution in [0.4, 0.5) is 0 Å². The average molecular weight is 167 g/mol. The minimum atomic E-state index is 0.946. The summed E-state index contributed by atoms with van der Waals surface area (Å²) in [6, 6.07) is 0.946. The smallest absolute Gasteiger partial charge is 0.0120 e. The second kappa shape index (κ2) is 3.78. The molecular weight excluding hydrogens is 146 g/mol. The van der Waals surface area contributed by atoms with Gasteiger partial charge >= 0.3 is 0 Å². The quantitative estimate of drug-likeness (QED) is 0.580. The maximum atomic E-state index is 2.61. The predicted molar refractivity (Wildman–Crippen MR) is 52.2 cm³/mol. The van der Waals surface area contributed by atoms with Gasteiger partial charge in [0.1, 0.15) is 0 Å². The molecule has 0 amide bonds. The molecule has 2 aliphatic rings. The summed E-state index contributed by atoms with van der Waals surface area (Å²) >= 11 is 0. The summed E-state index contributed by atoms with van der Waals surface area (Å²) in [7, 11) is 2.32. The molecule has 2 rings (SSSR count). The summed E-state index contributed by atoms with van der Waals surface area (Å²) in [6.07, 6.45) is 10.4. The van der Waals surface area contributed by atoms with Gasteiger partial charge in [-0.25, -0.2) is 0 Å². The predicted octanol–water partition coefficient (Wildman–Crippen LogP) is 2.66. The Morgan fingerprint density at radius 2 is 1.58 bits per heavy atom. The van der Waals surface area contributed by atoms with Crippen molar-refractivity contribution in [2.24, 2.45) is 5.92 Å². The fourth-order valence-electron chi connectivity index (χ4n) is 3.04. The fourth-order valence-corrected chi connectivity index (χ4v) is 3.04. The zero-order chi connectivity index (χ0) is 8.39. The van der Waals surface area contributed by atoms with Crippen molar-refractivity contribution in [2.75, 3.05) is 13.6 Å². The van der Waals surface area contributed by atoms with Crippen LogP contribution in [-0.2, 0) is 0 Å². The van der Waals surface area contributed by atoms with E-state index < -0.39 is 0 Å². The molecule has 0 bridgehead atoms. The summed E-state index contributed by atoms with van der Waals surface area (Å²) in [5, 5.41) is 0. The molecule has 0 N–H and O–H groups in total. The Morgan fingerprint density at radius 3 is 2.25 bits per heavy atom. The molecule has 0 aromatic heterocycles. The second-order valence-electron chi connectivity index (χ2n) is 4.59. The SMILES string of the molecule is CN1CCCCC1C1CCCC1. The van der Waals surface area contributed by atoms with E-state index in [2.05, 4.69) is 11.9 Å². The minimum absolute atomic E-state index is 0.946. The van der Waals surface area contributed by atoms with Crippen molar-refractivity contribution < 1.29 is 0 Å². The Morgan fingerprint density at radius 1 is 0.917 bits per heavy atom. The molecule has 1 aliphatic heterocycles. The monoisotopic (exact) mass is 167 g/mol. The van der Waals surface area contributed by atoms with E-state index in [0.717, 1.165) is 12.0 Å². The van der Waals surface area contributed by atoms with Crippen LogP contribution in [0.5, 0.6) is 0 Å². The van der Waals surface area contributed by atoms with Crippen LogP contribution >= 0.6 is 0 Å². The Kier molecular flexibility index (Phi) is 2.69. The van der Waals surface area contributed by atoms with E-state index in [0.29, 0.717) is 0 Å². The van der Waals surface area contributed by atoms with Gasteiger partial charge in [-0.3, -0.25) is 0 Å². The van der Waals surface area contributed by atoms with Gasteiger partial charge in [-0.2, -0.15) is 0 Å². The molecule has 0 aromatic carbocycles. The normalized spacial score (nSPS) is 34.2. The van der Waals surface area contributed by atoms with E-state index in [-0.39, 0.29) is 0 Å². The molecule has 1 heteroatoms. The lowest BCUT2D eigenvalue weighted by molar-refractivity contribution is 0.131. The molecule has 1 heterocycles. The third kappa shape index (κ3) is 1.66. The van der Waals surface area contributed by atoms with Crippen LogP contribution in [0.3, 0.4) is 0 Å². The maximum Gasteiger partial charge on any atom is 0.0120 e. The summed E-state index contributed by atoms with van der Waals surface area (Å²) < 4.78 is 0. The maximum absolute atomic E-state index is 2.61. The van der Waals surface area contributed by atoms with Crippen molar-refractivity contribution in [3.05, 3.63) is 0 Å². The van der Waals surface area contributed by atoms with E-state index in [1.165, 1.54) is 51.5 Å². The number of hydrogen-bond acceptors (Lipinski definition) is 1. The first kappa shape index (κ1) is 8.55. The van der Waals surface area contributed by atoms with Gasteiger partial charge < -0.3 is 4.90 Å². The largest absolute Gasteiger partial charge is 0.303 e. The Labute approximate surface area is 76.1 Å². The first-order valence-corrected chi connectivity index (χ1v) is 5.58. The van der Waals surface area contributed by atoms with Gasteiger partial charge in [0.2, 0.25) is 0 Å². The molecule has 0 spiro atoms. The number of likely N-dealkylation sites (tertiary alicyclic amines) is 1. The van der Waals surface area contributed by atoms with Crippen molar-refractivity contribution in [3.63, 3.8) is 0 Å². The van der Waals surface area contributed by atoms with Crippen LogP contribution in [-0.4, -0.2) is 24.5 Å². The highest BCUT2D eigenvalue weighted by atomic mass is 15.1. The summed E-state index contributed by atoms with van der Waals surface area (Å²) in [6.45, 7) is 1.35. The summed E-state index contributed by atoms with van der Waals surface area (Å²) in [4.78, 5) is 2.61. The van der Waals surface area contributed by atoms with Crippen LogP contribution in [0.2, 0.25) is 0 Å². The van der Waals surface area contributed by atoms with Crippen LogP contribution in [0.25, 0.3) is 0 Å². The van der Waals surface area contributed by atoms with Crippen LogP contribution in [0.15, 0.2) is 0 Å². The van der Waals surface area contributed by atoms with Gasteiger partial charge in [0.05, 0.1) is 0 Å². The van der Waals surface area contributed by atoms with Crippen molar-refractivity contribution in [3.8, 4) is 0 Å². The van der Waals surface area contributed by atoms with Crippen molar-refractivity contribution >= 4 is 0 Å². The molecule has 1 saturated heterocycles. The summed E-state index contributed by atoms with van der Waals surface area (Å²) in [5.41, 5.74) is 0.